The van der Waals surface area contributed by atoms with Gasteiger partial charge in [0.2, 0.25) is 5.78 Å². The third-order valence-corrected chi connectivity index (χ3v) is 4.70. The van der Waals surface area contributed by atoms with Crippen LogP contribution in [0.25, 0.3) is 11.3 Å². The van der Waals surface area contributed by atoms with E-state index < -0.39 is 36.0 Å². The smallest absolute Gasteiger partial charge is 0.333 e. The fourth-order valence-corrected chi connectivity index (χ4v) is 3.14. The summed E-state index contributed by atoms with van der Waals surface area (Å²) < 4.78 is 41.2. The maximum absolute atomic E-state index is 14.4. The highest BCUT2D eigenvalue weighted by molar-refractivity contribution is 6.38. The Morgan fingerprint density at radius 2 is 1.81 bits per heavy atom. The molecule has 3 rings (SSSR count). The number of carbonyl (C=O) groups excluding carboxylic acids is 3. The highest BCUT2D eigenvalue weighted by Crippen LogP contribution is 2.28. The highest BCUT2D eigenvalue weighted by atomic mass is 19.3. The molecule has 0 radical (unpaired) electrons. The summed E-state index contributed by atoms with van der Waals surface area (Å²) in [6.45, 7) is -1.43. The number of carbonyl (C=O) groups is 3. The molecule has 2 amide bonds. The third-order valence-electron chi connectivity index (χ3n) is 4.70. The molecule has 0 saturated heterocycles. The van der Waals surface area contributed by atoms with E-state index in [4.69, 9.17) is 5.73 Å². The molecule has 0 fully saturated rings. The van der Waals surface area contributed by atoms with Crippen molar-refractivity contribution in [1.82, 2.24) is 15.1 Å². The molecular formula is C22H19F3N4O3. The number of aryl methyl sites for hydroxylation is 1. The normalized spacial score (nSPS) is 11.9. The molecule has 0 spiro atoms. The number of nitrogens with zero attached hydrogens (tertiary/aromatic N) is 2. The maximum atomic E-state index is 14.4. The molecule has 1 aromatic heterocycles. The largest absolute Gasteiger partial charge is 0.363 e. The Bertz CT molecular complexity index is 1160. The molecule has 1 heterocycles. The minimum absolute atomic E-state index is 0.0640. The van der Waals surface area contributed by atoms with Gasteiger partial charge in [-0.25, -0.2) is 9.07 Å². The van der Waals surface area contributed by atoms with Crippen LogP contribution >= 0.6 is 0 Å². The molecule has 3 N–H and O–H groups in total. The van der Waals surface area contributed by atoms with Crippen molar-refractivity contribution in [3.63, 3.8) is 0 Å². The second-order valence-electron chi connectivity index (χ2n) is 7.08. The number of amides is 2. The summed E-state index contributed by atoms with van der Waals surface area (Å²) in [4.78, 5) is 36.7. The molecule has 1 unspecified atom stereocenters. The van der Waals surface area contributed by atoms with Gasteiger partial charge in [-0.2, -0.15) is 13.9 Å². The molecular weight excluding hydrogens is 425 g/mol. The average molecular weight is 444 g/mol. The summed E-state index contributed by atoms with van der Waals surface area (Å²) >= 11 is 0. The van der Waals surface area contributed by atoms with Crippen LogP contribution in [0, 0.1) is 12.7 Å². The minimum atomic E-state index is -3.09. The summed E-state index contributed by atoms with van der Waals surface area (Å²) in [7, 11) is 0. The molecule has 0 aliphatic heterocycles. The quantitative estimate of drug-likeness (QED) is 0.521. The molecule has 10 heteroatoms. The number of hydrogen-bond acceptors (Lipinski definition) is 4. The van der Waals surface area contributed by atoms with Gasteiger partial charge in [0.1, 0.15) is 17.6 Å². The van der Waals surface area contributed by atoms with E-state index in [9.17, 15) is 27.6 Å². The number of Topliss-reactive ketones (excluding diaryl/α,β-unsaturated/α-hetero) is 1. The lowest BCUT2D eigenvalue weighted by Crippen LogP contribution is -2.47. The summed E-state index contributed by atoms with van der Waals surface area (Å²) in [5.74, 6) is -4.08. The Kier molecular flexibility index (Phi) is 6.72. The van der Waals surface area contributed by atoms with Crippen LogP contribution in [0.2, 0.25) is 0 Å². The summed E-state index contributed by atoms with van der Waals surface area (Å²) in [6.07, 6.45) is 0.691. The number of nitrogens with two attached hydrogens (primary N) is 1. The van der Waals surface area contributed by atoms with Crippen molar-refractivity contribution >= 4 is 17.6 Å². The monoisotopic (exact) mass is 444 g/mol. The first-order valence-corrected chi connectivity index (χ1v) is 9.49. The topological polar surface area (TPSA) is 107 Å². The molecule has 7 nitrogen and oxygen atoms in total. The number of ketones is 1. The van der Waals surface area contributed by atoms with Gasteiger partial charge < -0.3 is 11.1 Å². The number of nitrogens with one attached hydrogen (secondary N) is 1. The van der Waals surface area contributed by atoms with Gasteiger partial charge >= 0.3 is 6.55 Å². The Labute approximate surface area is 181 Å². The van der Waals surface area contributed by atoms with Gasteiger partial charge in [0, 0.05) is 18.2 Å². The zero-order chi connectivity index (χ0) is 23.4. The number of rotatable bonds is 8. The maximum Gasteiger partial charge on any atom is 0.333 e. The minimum Gasteiger partial charge on any atom is -0.363 e. The average Bonchev–Trinajstić information content (AvgIpc) is 3.21. The van der Waals surface area contributed by atoms with E-state index in [2.05, 4.69) is 10.4 Å². The first-order valence-electron chi connectivity index (χ1n) is 9.49. The van der Waals surface area contributed by atoms with E-state index in [0.29, 0.717) is 11.1 Å². The Balaban J connectivity index is 2.00. The zero-order valence-electron chi connectivity index (χ0n) is 16.9. The lowest BCUT2D eigenvalue weighted by atomic mass is 10.0. The van der Waals surface area contributed by atoms with Crippen LogP contribution in [-0.2, 0) is 16.0 Å². The van der Waals surface area contributed by atoms with Crippen molar-refractivity contribution in [2.45, 2.75) is 25.9 Å². The van der Waals surface area contributed by atoms with Crippen LogP contribution < -0.4 is 11.1 Å². The summed E-state index contributed by atoms with van der Waals surface area (Å²) in [5, 5.41) is 6.01. The van der Waals surface area contributed by atoms with Crippen molar-refractivity contribution in [3.05, 3.63) is 77.2 Å². The van der Waals surface area contributed by atoms with Crippen molar-refractivity contribution in [2.24, 2.45) is 5.73 Å². The predicted octanol–water partition coefficient (Wildman–Crippen LogP) is 2.79. The van der Waals surface area contributed by atoms with Gasteiger partial charge in [-0.05, 0) is 24.6 Å². The molecule has 166 valence electrons. The van der Waals surface area contributed by atoms with E-state index in [1.54, 1.807) is 37.3 Å². The first kappa shape index (κ1) is 22.7. The van der Waals surface area contributed by atoms with E-state index in [0.717, 1.165) is 12.3 Å². The van der Waals surface area contributed by atoms with Crippen LogP contribution in [0.1, 0.15) is 28.0 Å². The number of alkyl halides is 2. The lowest BCUT2D eigenvalue weighted by Gasteiger charge is -2.16. The number of primary amides is 1. The third kappa shape index (κ3) is 5.02. The molecule has 2 aromatic carbocycles. The molecule has 0 bridgehead atoms. The Morgan fingerprint density at radius 1 is 1.12 bits per heavy atom. The van der Waals surface area contributed by atoms with Crippen LogP contribution in [-0.4, -0.2) is 33.4 Å². The fraction of sp³-hybridized carbons (Fsp3) is 0.182. The standard InChI is InChI=1S/C22H19F3N4O3/c1-12-7-8-16(23)14(9-12)18-15(11-29(28-18)22(24)25)21(32)27-17(19(30)20(26)31)10-13-5-3-2-4-6-13/h2-9,11,17,22H,10H2,1H3,(H2,26,31)(H,27,32). The second kappa shape index (κ2) is 9.46. The van der Waals surface area contributed by atoms with E-state index in [-0.39, 0.29) is 27.9 Å². The van der Waals surface area contributed by atoms with Crippen LogP contribution in [0.5, 0.6) is 0 Å². The van der Waals surface area contributed by atoms with E-state index in [1.807, 2.05) is 0 Å². The van der Waals surface area contributed by atoms with Gasteiger partial charge in [-0.1, -0.05) is 42.0 Å². The zero-order valence-corrected chi connectivity index (χ0v) is 16.9. The lowest BCUT2D eigenvalue weighted by molar-refractivity contribution is -0.137. The highest BCUT2D eigenvalue weighted by Gasteiger charge is 2.29. The molecule has 0 aliphatic rings. The second-order valence-corrected chi connectivity index (χ2v) is 7.08. The SMILES string of the molecule is Cc1ccc(F)c(-c2nn(C(F)F)cc2C(=O)NC(Cc2ccccc2)C(=O)C(N)=O)c1. The Hall–Kier alpha value is -3.95. The molecule has 0 aliphatic carbocycles. The van der Waals surface area contributed by atoms with Gasteiger partial charge in [-0.3, -0.25) is 14.4 Å². The predicted molar refractivity (Wildman–Crippen MR) is 109 cm³/mol. The van der Waals surface area contributed by atoms with Gasteiger partial charge in [0.15, 0.2) is 0 Å². The number of hydrogen-bond donors (Lipinski definition) is 2. The van der Waals surface area contributed by atoms with Crippen LogP contribution in [0.15, 0.2) is 54.7 Å². The van der Waals surface area contributed by atoms with Crippen molar-refractivity contribution in [3.8, 4) is 11.3 Å². The van der Waals surface area contributed by atoms with Crippen LogP contribution in [0.4, 0.5) is 13.2 Å². The first-order chi connectivity index (χ1) is 15.2. The summed E-state index contributed by atoms with van der Waals surface area (Å²) in [6, 6.07) is 11.1. The van der Waals surface area contributed by atoms with Gasteiger partial charge in [0.25, 0.3) is 11.8 Å². The molecule has 1 atom stereocenters. The fourth-order valence-electron chi connectivity index (χ4n) is 3.14. The molecule has 0 saturated carbocycles. The number of benzene rings is 2. The van der Waals surface area contributed by atoms with E-state index >= 15 is 0 Å². The number of halogens is 3. The van der Waals surface area contributed by atoms with Gasteiger partial charge in [-0.15, -0.1) is 0 Å². The van der Waals surface area contributed by atoms with Crippen LogP contribution in [0.3, 0.4) is 0 Å². The van der Waals surface area contributed by atoms with E-state index in [1.165, 1.54) is 12.1 Å². The van der Waals surface area contributed by atoms with Gasteiger partial charge in [0.05, 0.1) is 5.56 Å². The number of aromatic nitrogens is 2. The van der Waals surface area contributed by atoms with Crippen molar-refractivity contribution in [1.29, 1.82) is 0 Å². The van der Waals surface area contributed by atoms with Crippen molar-refractivity contribution < 1.29 is 27.6 Å². The summed E-state index contributed by atoms with van der Waals surface area (Å²) in [5.41, 5.74) is 5.48. The Morgan fingerprint density at radius 3 is 2.44 bits per heavy atom. The van der Waals surface area contributed by atoms with Crippen molar-refractivity contribution in [2.75, 3.05) is 0 Å². The molecule has 32 heavy (non-hydrogen) atoms. The molecule has 3 aromatic rings.